The van der Waals surface area contributed by atoms with E-state index in [1.54, 1.807) is 0 Å². The summed E-state index contributed by atoms with van der Waals surface area (Å²) in [6, 6.07) is 0. The molecule has 1 heterocycles. The van der Waals surface area contributed by atoms with Crippen LogP contribution in [0.4, 0.5) is 0 Å². The van der Waals surface area contributed by atoms with Gasteiger partial charge in [-0.05, 0) is 18.0 Å². The Kier molecular flexibility index (Phi) is 11.4. The number of unbranched alkanes of at least 4 members (excludes halogenated alkanes) is 1. The second kappa shape index (κ2) is 9.67. The van der Waals surface area contributed by atoms with Gasteiger partial charge in [-0.3, -0.25) is 0 Å². The van der Waals surface area contributed by atoms with Gasteiger partial charge in [0.2, 0.25) is 11.5 Å². The van der Waals surface area contributed by atoms with Gasteiger partial charge >= 0.3 is 20.0 Å². The Morgan fingerprint density at radius 3 is 2.50 bits per heavy atom. The summed E-state index contributed by atoms with van der Waals surface area (Å²) in [5.74, 6) is 0. The van der Waals surface area contributed by atoms with Crippen LogP contribution in [0.5, 0.6) is 0 Å². The van der Waals surface area contributed by atoms with Gasteiger partial charge in [-0.2, -0.15) is 0 Å². The Bertz CT molecular complexity index is 236. The van der Waals surface area contributed by atoms with E-state index in [1.165, 1.54) is 29.1 Å². The zero-order valence-electron chi connectivity index (χ0n) is 8.44. The first-order chi connectivity index (χ1) is 6.24. The Hall–Kier alpha value is 0.122. The van der Waals surface area contributed by atoms with Crippen LogP contribution in [0, 0.1) is 0 Å². The second-order valence-corrected chi connectivity index (χ2v) is 3.16. The van der Waals surface area contributed by atoms with Crippen LogP contribution in [0.2, 0.25) is 5.15 Å². The third-order valence-corrected chi connectivity index (χ3v) is 2.06. The van der Waals surface area contributed by atoms with Crippen LogP contribution in [0.25, 0.3) is 0 Å². The Labute approximate surface area is 104 Å². The van der Waals surface area contributed by atoms with Crippen LogP contribution in [0.3, 0.4) is 0 Å². The first-order valence-corrected chi connectivity index (χ1v) is 5.03. The predicted octanol–water partition coefficient (Wildman–Crippen LogP) is 1.69. The molecule has 1 radical (unpaired) electrons. The molecule has 1 rings (SSSR count). The van der Waals surface area contributed by atoms with E-state index in [2.05, 4.69) is 11.5 Å². The average molecular weight is 253 g/mol. The molecule has 0 bridgehead atoms. The number of aromatic nitrogens is 2. The van der Waals surface area contributed by atoms with E-state index in [0.717, 1.165) is 11.7 Å². The van der Waals surface area contributed by atoms with Gasteiger partial charge in [0, 0.05) is 0 Å². The van der Waals surface area contributed by atoms with Crippen molar-refractivity contribution in [3.8, 4) is 0 Å². The summed E-state index contributed by atoms with van der Waals surface area (Å²) in [4.78, 5) is 0. The van der Waals surface area contributed by atoms with E-state index in [9.17, 15) is 0 Å². The van der Waals surface area contributed by atoms with Crippen LogP contribution in [-0.4, -0.2) is 20.8 Å². The summed E-state index contributed by atoms with van der Waals surface area (Å²) in [6.45, 7) is 3.25. The predicted molar refractivity (Wildman–Crippen MR) is 59.2 cm³/mol. The number of nitrogens with zero attached hydrogens (tertiary/aromatic N) is 2. The van der Waals surface area contributed by atoms with Crippen molar-refractivity contribution in [2.75, 3.05) is 0 Å². The van der Waals surface area contributed by atoms with Crippen LogP contribution >= 0.6 is 24.0 Å². The number of hydrogen-bond acceptors (Lipinski definition) is 1. The van der Waals surface area contributed by atoms with Gasteiger partial charge in [-0.15, -0.1) is 12.4 Å². The average Bonchev–Trinajstić information content (AvgIpc) is 2.46. The fourth-order valence-corrected chi connectivity index (χ4v) is 1.17. The Morgan fingerprint density at radius 1 is 1.57 bits per heavy atom. The van der Waals surface area contributed by atoms with E-state index in [4.69, 9.17) is 15.4 Å². The van der Waals surface area contributed by atoms with Gasteiger partial charge in [-0.25, -0.2) is 9.13 Å². The first-order valence-electron chi connectivity index (χ1n) is 4.18. The van der Waals surface area contributed by atoms with Crippen molar-refractivity contribution >= 4 is 40.2 Å². The molecule has 0 aliphatic rings. The van der Waals surface area contributed by atoms with Gasteiger partial charge in [0.25, 0.3) is 0 Å². The third kappa shape index (κ3) is 5.77. The van der Waals surface area contributed by atoms with E-state index in [0.29, 0.717) is 0 Å². The van der Waals surface area contributed by atoms with Gasteiger partial charge in [-0.1, -0.05) is 13.3 Å². The summed E-state index contributed by atoms with van der Waals surface area (Å²) >= 11 is 7.02. The molecule has 0 aliphatic heterocycles. The van der Waals surface area contributed by atoms with Crippen molar-refractivity contribution in [3.05, 3.63) is 17.7 Å². The van der Waals surface area contributed by atoms with Crippen molar-refractivity contribution in [1.82, 2.24) is 4.57 Å². The van der Waals surface area contributed by atoms with Crippen molar-refractivity contribution < 1.29 is 8.37 Å². The molecule has 14 heavy (non-hydrogen) atoms. The molecule has 0 amide bonds. The molecule has 3 nitrogen and oxygen atoms in total. The molecular formula is C8H15AlCl2N2O+. The quantitative estimate of drug-likeness (QED) is 0.594. The number of imidazole rings is 1. The molecule has 79 valence electrons. The van der Waals surface area contributed by atoms with Crippen molar-refractivity contribution in [3.63, 3.8) is 0 Å². The maximum atomic E-state index is 8.17. The maximum absolute atomic E-state index is 8.17. The fourth-order valence-electron chi connectivity index (χ4n) is 1.00. The minimum atomic E-state index is 0. The molecule has 0 saturated carbocycles. The minimum absolute atomic E-state index is 0. The number of hydrogen-bond donors (Lipinski definition) is 0. The fraction of sp³-hybridized carbons (Fsp3) is 0.625. The molecule has 0 aliphatic carbocycles. The number of rotatable bonds is 3. The van der Waals surface area contributed by atoms with E-state index < -0.39 is 0 Å². The van der Waals surface area contributed by atoms with Crippen molar-refractivity contribution in [2.24, 2.45) is 7.05 Å². The molecule has 1 aromatic rings. The molecule has 0 fully saturated rings. The summed E-state index contributed by atoms with van der Waals surface area (Å²) in [5, 5.41) is 0.793. The zero-order chi connectivity index (χ0) is 10.3. The normalized spacial score (nSPS) is 8.43. The monoisotopic (exact) mass is 252 g/mol. The second-order valence-electron chi connectivity index (χ2n) is 2.77. The van der Waals surface area contributed by atoms with Crippen molar-refractivity contribution in [1.29, 1.82) is 0 Å². The van der Waals surface area contributed by atoms with Gasteiger partial charge in [0.05, 0.1) is 13.6 Å². The van der Waals surface area contributed by atoms with Gasteiger partial charge in [0.15, 0.2) is 0 Å². The van der Waals surface area contributed by atoms with Crippen LogP contribution in [0.1, 0.15) is 19.8 Å². The van der Waals surface area contributed by atoms with Crippen LogP contribution < -0.4 is 4.57 Å². The van der Waals surface area contributed by atoms with E-state index >= 15 is 0 Å². The summed E-state index contributed by atoms with van der Waals surface area (Å²) < 4.78 is 12.2. The topological polar surface area (TPSA) is 25.9 Å². The molecule has 0 unspecified atom stereocenters. The molecule has 0 atom stereocenters. The van der Waals surface area contributed by atoms with Crippen molar-refractivity contribution in [2.45, 2.75) is 26.3 Å². The summed E-state index contributed by atoms with van der Waals surface area (Å²) in [7, 11) is 1.95. The van der Waals surface area contributed by atoms with Crippen LogP contribution in [0.15, 0.2) is 12.5 Å². The summed E-state index contributed by atoms with van der Waals surface area (Å²) in [5.41, 5.74) is 0. The van der Waals surface area contributed by atoms with Gasteiger partial charge in [0.1, 0.15) is 6.20 Å². The Balaban J connectivity index is 0. The standard InChI is InChI=1S/C8H14ClN2.Al.ClH.O/c1-3-4-5-11-6-8(9)10(2)7-11;;;/h6-7H,3-5H2,1-2H3;;1H;/q+1;;;. The van der Waals surface area contributed by atoms with Gasteiger partial charge < -0.3 is 0 Å². The third-order valence-electron chi connectivity index (χ3n) is 1.70. The molecule has 0 aromatic carbocycles. The summed E-state index contributed by atoms with van der Waals surface area (Å²) in [6.07, 6.45) is 6.40. The molecule has 1 aromatic heterocycles. The Morgan fingerprint density at radius 2 is 2.14 bits per heavy atom. The number of halogens is 2. The molecule has 6 heteroatoms. The molecule has 0 spiro atoms. The van der Waals surface area contributed by atoms with Crippen LogP contribution in [-0.2, 0) is 17.4 Å². The molecule has 0 saturated heterocycles. The van der Waals surface area contributed by atoms with E-state index in [-0.39, 0.29) is 12.4 Å². The number of aryl methyl sites for hydroxylation is 2. The molecule has 0 N–H and O–H groups in total. The zero-order valence-corrected chi connectivity index (χ0v) is 11.2. The molecular weight excluding hydrogens is 238 g/mol. The SMILES string of the molecule is CCCC[n+]1cc(Cl)n(C)c1.Cl.[O]=[Al]. The first kappa shape index (κ1) is 16.5. The van der Waals surface area contributed by atoms with E-state index in [1.807, 2.05) is 24.1 Å².